The van der Waals surface area contributed by atoms with Gasteiger partial charge in [-0.3, -0.25) is 4.68 Å². The molecular formula is C17H14BrFN4S. The van der Waals surface area contributed by atoms with E-state index in [9.17, 15) is 4.39 Å². The van der Waals surface area contributed by atoms with Crippen LogP contribution in [0.3, 0.4) is 0 Å². The van der Waals surface area contributed by atoms with Crippen molar-refractivity contribution in [1.82, 2.24) is 9.78 Å². The minimum absolute atomic E-state index is 0.315. The first-order chi connectivity index (χ1) is 11.6. The average molecular weight is 405 g/mol. The number of hydrogen-bond acceptors (Lipinski definition) is 2. The molecule has 2 N–H and O–H groups in total. The second-order valence-electron chi connectivity index (χ2n) is 5.14. The number of nitrogens with zero attached hydrogens (tertiary/aromatic N) is 2. The second-order valence-corrected chi connectivity index (χ2v) is 6.47. The van der Waals surface area contributed by atoms with E-state index in [1.54, 1.807) is 18.3 Å². The number of halogens is 2. The van der Waals surface area contributed by atoms with Crippen molar-refractivity contribution in [2.24, 2.45) is 0 Å². The number of hydrogen-bond donors (Lipinski definition) is 2. The van der Waals surface area contributed by atoms with Gasteiger partial charge in [-0.05, 0) is 48.1 Å². The molecule has 4 nitrogen and oxygen atoms in total. The molecule has 0 aliphatic rings. The maximum absolute atomic E-state index is 13.2. The fraction of sp³-hybridized carbons (Fsp3) is 0.0588. The highest BCUT2D eigenvalue weighted by Crippen LogP contribution is 2.14. The summed E-state index contributed by atoms with van der Waals surface area (Å²) in [6.07, 6.45) is 3.56. The van der Waals surface area contributed by atoms with E-state index in [1.165, 1.54) is 12.1 Å². The van der Waals surface area contributed by atoms with Gasteiger partial charge in [-0.15, -0.1) is 0 Å². The Balaban J connectivity index is 1.59. The van der Waals surface area contributed by atoms with E-state index in [-0.39, 0.29) is 5.82 Å². The molecule has 0 fully saturated rings. The number of thiocarbonyl (C=S) groups is 1. The van der Waals surface area contributed by atoms with Crippen LogP contribution in [0, 0.1) is 5.82 Å². The minimum Gasteiger partial charge on any atom is -0.332 e. The highest BCUT2D eigenvalue weighted by Gasteiger charge is 2.03. The molecule has 122 valence electrons. The number of aromatic nitrogens is 2. The summed E-state index contributed by atoms with van der Waals surface area (Å²) in [5, 5.41) is 10.6. The summed E-state index contributed by atoms with van der Waals surface area (Å²) in [5.41, 5.74) is 2.50. The summed E-state index contributed by atoms with van der Waals surface area (Å²) < 4.78 is 16.0. The molecular weight excluding hydrogens is 391 g/mol. The molecule has 1 aromatic heterocycles. The molecule has 0 saturated carbocycles. The van der Waals surface area contributed by atoms with E-state index in [0.717, 1.165) is 15.7 Å². The Kier molecular flexibility index (Phi) is 5.22. The molecule has 0 amide bonds. The molecule has 24 heavy (non-hydrogen) atoms. The maximum atomic E-state index is 13.2. The Labute approximate surface area is 152 Å². The zero-order valence-electron chi connectivity index (χ0n) is 12.5. The number of anilines is 2. The topological polar surface area (TPSA) is 41.9 Å². The fourth-order valence-corrected chi connectivity index (χ4v) is 2.65. The predicted octanol–water partition coefficient (Wildman–Crippen LogP) is 4.64. The van der Waals surface area contributed by atoms with E-state index in [1.807, 2.05) is 35.1 Å². The third-order valence-corrected chi connectivity index (χ3v) is 3.96. The van der Waals surface area contributed by atoms with E-state index >= 15 is 0 Å². The maximum Gasteiger partial charge on any atom is 0.175 e. The lowest BCUT2D eigenvalue weighted by molar-refractivity contribution is 0.628. The van der Waals surface area contributed by atoms with Gasteiger partial charge < -0.3 is 10.6 Å². The zero-order chi connectivity index (χ0) is 16.9. The van der Waals surface area contributed by atoms with E-state index in [4.69, 9.17) is 12.2 Å². The Morgan fingerprint density at radius 3 is 2.62 bits per heavy atom. The Bertz CT molecular complexity index is 848. The highest BCUT2D eigenvalue weighted by molar-refractivity contribution is 9.10. The lowest BCUT2D eigenvalue weighted by atomic mass is 10.2. The Hall–Kier alpha value is -2.25. The lowest BCUT2D eigenvalue weighted by Gasteiger charge is -2.08. The summed E-state index contributed by atoms with van der Waals surface area (Å²) in [5.74, 6) is -0.315. The third-order valence-electron chi connectivity index (χ3n) is 3.23. The minimum atomic E-state index is -0.315. The van der Waals surface area contributed by atoms with Crippen molar-refractivity contribution in [2.75, 3.05) is 10.6 Å². The molecule has 7 heteroatoms. The van der Waals surface area contributed by atoms with Crippen LogP contribution in [0.2, 0.25) is 0 Å². The average Bonchev–Trinajstić information content (AvgIpc) is 2.96. The third kappa shape index (κ3) is 4.62. The molecule has 0 saturated heterocycles. The van der Waals surface area contributed by atoms with E-state index in [2.05, 4.69) is 31.7 Å². The van der Waals surface area contributed by atoms with Gasteiger partial charge in [0.25, 0.3) is 0 Å². The van der Waals surface area contributed by atoms with Gasteiger partial charge in [0.1, 0.15) is 5.82 Å². The summed E-state index contributed by atoms with van der Waals surface area (Å²) in [4.78, 5) is 0. The van der Waals surface area contributed by atoms with Crippen LogP contribution in [-0.4, -0.2) is 14.9 Å². The standard InChI is InChI=1S/C17H14BrFN4S/c18-13-6-4-12(5-7-13)10-23-11-16(9-20-23)22-17(24)21-15-3-1-2-14(19)8-15/h1-9,11H,10H2,(H2,21,22,24). The first-order valence-electron chi connectivity index (χ1n) is 7.19. The van der Waals surface area contributed by atoms with Crippen molar-refractivity contribution >= 4 is 44.6 Å². The summed E-state index contributed by atoms with van der Waals surface area (Å²) in [6, 6.07) is 14.2. The van der Waals surface area contributed by atoms with Gasteiger partial charge in [-0.1, -0.05) is 34.1 Å². The first kappa shape index (κ1) is 16.6. The monoisotopic (exact) mass is 404 g/mol. The summed E-state index contributed by atoms with van der Waals surface area (Å²) in [6.45, 7) is 0.666. The normalized spacial score (nSPS) is 10.4. The molecule has 0 spiro atoms. The summed E-state index contributed by atoms with van der Waals surface area (Å²) >= 11 is 8.64. The summed E-state index contributed by atoms with van der Waals surface area (Å²) in [7, 11) is 0. The molecule has 3 aromatic rings. The molecule has 0 aliphatic heterocycles. The molecule has 0 bridgehead atoms. The number of rotatable bonds is 4. The molecule has 3 rings (SSSR count). The van der Waals surface area contributed by atoms with Crippen LogP contribution in [0.1, 0.15) is 5.56 Å². The molecule has 1 heterocycles. The molecule has 2 aromatic carbocycles. The smallest absolute Gasteiger partial charge is 0.175 e. The van der Waals surface area contributed by atoms with E-state index < -0.39 is 0 Å². The van der Waals surface area contributed by atoms with Gasteiger partial charge in [-0.2, -0.15) is 5.10 Å². The predicted molar refractivity (Wildman–Crippen MR) is 102 cm³/mol. The molecule has 0 radical (unpaired) electrons. The van der Waals surface area contributed by atoms with Crippen molar-refractivity contribution in [1.29, 1.82) is 0 Å². The van der Waals surface area contributed by atoms with Crippen molar-refractivity contribution < 1.29 is 4.39 Å². The van der Waals surface area contributed by atoms with Gasteiger partial charge in [0, 0.05) is 16.4 Å². The van der Waals surface area contributed by atoms with E-state index in [0.29, 0.717) is 17.3 Å². The van der Waals surface area contributed by atoms with Crippen molar-refractivity contribution in [3.8, 4) is 0 Å². The lowest BCUT2D eigenvalue weighted by Crippen LogP contribution is -2.18. The van der Waals surface area contributed by atoms with Crippen molar-refractivity contribution in [2.45, 2.75) is 6.54 Å². The van der Waals surface area contributed by atoms with Crippen LogP contribution in [0.25, 0.3) is 0 Å². The van der Waals surface area contributed by atoms with Crippen LogP contribution < -0.4 is 10.6 Å². The molecule has 0 aliphatic carbocycles. The van der Waals surface area contributed by atoms with Crippen LogP contribution >= 0.6 is 28.1 Å². The number of benzene rings is 2. The van der Waals surface area contributed by atoms with Crippen LogP contribution in [0.4, 0.5) is 15.8 Å². The highest BCUT2D eigenvalue weighted by atomic mass is 79.9. The number of nitrogens with one attached hydrogen (secondary N) is 2. The van der Waals surface area contributed by atoms with Gasteiger partial charge in [-0.25, -0.2) is 4.39 Å². The Morgan fingerprint density at radius 1 is 1.12 bits per heavy atom. The van der Waals surface area contributed by atoms with Crippen LogP contribution in [0.15, 0.2) is 65.4 Å². The van der Waals surface area contributed by atoms with Gasteiger partial charge >= 0.3 is 0 Å². The fourth-order valence-electron chi connectivity index (χ4n) is 2.15. The SMILES string of the molecule is Fc1cccc(NC(=S)Nc2cnn(Cc3ccc(Br)cc3)c2)c1. The first-order valence-corrected chi connectivity index (χ1v) is 8.39. The molecule has 0 atom stereocenters. The van der Waals surface area contributed by atoms with Gasteiger partial charge in [0.2, 0.25) is 0 Å². The van der Waals surface area contributed by atoms with Gasteiger partial charge in [0.05, 0.1) is 18.4 Å². The van der Waals surface area contributed by atoms with Gasteiger partial charge in [0.15, 0.2) is 5.11 Å². The largest absolute Gasteiger partial charge is 0.332 e. The van der Waals surface area contributed by atoms with Crippen molar-refractivity contribution in [3.63, 3.8) is 0 Å². The Morgan fingerprint density at radius 2 is 1.88 bits per heavy atom. The quantitative estimate of drug-likeness (QED) is 0.621. The van der Waals surface area contributed by atoms with Crippen LogP contribution in [0.5, 0.6) is 0 Å². The second kappa shape index (κ2) is 7.55. The van der Waals surface area contributed by atoms with Crippen molar-refractivity contribution in [3.05, 3.63) is 76.8 Å². The van der Waals surface area contributed by atoms with Crippen LogP contribution in [-0.2, 0) is 6.54 Å². The molecule has 0 unspecified atom stereocenters. The zero-order valence-corrected chi connectivity index (χ0v) is 14.9.